The summed E-state index contributed by atoms with van der Waals surface area (Å²) in [4.78, 5) is 25.4. The number of benzene rings is 1. The summed E-state index contributed by atoms with van der Waals surface area (Å²) in [7, 11) is 0. The predicted molar refractivity (Wildman–Crippen MR) is 83.3 cm³/mol. The Balaban J connectivity index is 1.77. The minimum atomic E-state index is -0.275. The van der Waals surface area contributed by atoms with Gasteiger partial charge in [0.1, 0.15) is 0 Å². The molecule has 1 fully saturated rings. The monoisotopic (exact) mass is 287 g/mol. The number of hydrogen-bond acceptors (Lipinski definition) is 3. The van der Waals surface area contributed by atoms with Crippen LogP contribution in [-0.2, 0) is 9.59 Å². The first kappa shape index (κ1) is 15.1. The molecule has 3 N–H and O–H groups in total. The molecule has 0 unspecified atom stereocenters. The molecule has 1 aliphatic heterocycles. The molecule has 1 aliphatic rings. The number of nitrogens with one attached hydrogen (secondary N) is 1. The normalized spacial score (nSPS) is 15.1. The van der Waals surface area contributed by atoms with E-state index in [0.717, 1.165) is 31.5 Å². The molecular weight excluding hydrogens is 266 g/mol. The fraction of sp³-hybridized carbons (Fsp3) is 0.375. The van der Waals surface area contributed by atoms with E-state index >= 15 is 0 Å². The number of amides is 2. The molecule has 1 aromatic rings. The SMILES string of the molecule is Nc1cccc(/C=C/C(=O)NCC(=O)N2CCCCC2)c1. The molecular formula is C16H21N3O2. The number of carbonyl (C=O) groups is 2. The van der Waals surface area contributed by atoms with Gasteiger partial charge in [0.05, 0.1) is 6.54 Å². The van der Waals surface area contributed by atoms with Crippen molar-refractivity contribution < 1.29 is 9.59 Å². The van der Waals surface area contributed by atoms with Crippen LogP contribution in [0.15, 0.2) is 30.3 Å². The van der Waals surface area contributed by atoms with Gasteiger partial charge in [-0.1, -0.05) is 12.1 Å². The molecule has 0 bridgehead atoms. The summed E-state index contributed by atoms with van der Waals surface area (Å²) < 4.78 is 0. The van der Waals surface area contributed by atoms with Gasteiger partial charge >= 0.3 is 0 Å². The molecule has 5 nitrogen and oxygen atoms in total. The summed E-state index contributed by atoms with van der Waals surface area (Å²) in [5, 5.41) is 2.62. The van der Waals surface area contributed by atoms with Crippen LogP contribution in [0.1, 0.15) is 24.8 Å². The standard InChI is InChI=1S/C16H21N3O2/c17-14-6-4-5-13(11-14)7-8-15(20)18-12-16(21)19-9-2-1-3-10-19/h4-8,11H,1-3,9-10,12,17H2,(H,18,20)/b8-7+. The van der Waals surface area contributed by atoms with Crippen molar-refractivity contribution in [1.82, 2.24) is 10.2 Å². The number of anilines is 1. The molecule has 5 heteroatoms. The van der Waals surface area contributed by atoms with Crippen molar-refractivity contribution in [2.45, 2.75) is 19.3 Å². The van der Waals surface area contributed by atoms with Gasteiger partial charge in [-0.3, -0.25) is 9.59 Å². The Bertz CT molecular complexity index is 534. The molecule has 0 aromatic heterocycles. The van der Waals surface area contributed by atoms with Crippen molar-refractivity contribution in [3.05, 3.63) is 35.9 Å². The van der Waals surface area contributed by atoms with Crippen molar-refractivity contribution in [3.63, 3.8) is 0 Å². The minimum Gasteiger partial charge on any atom is -0.399 e. The molecule has 2 rings (SSSR count). The van der Waals surface area contributed by atoms with Gasteiger partial charge in [-0.25, -0.2) is 0 Å². The first-order valence-corrected chi connectivity index (χ1v) is 7.24. The third kappa shape index (κ3) is 4.95. The van der Waals surface area contributed by atoms with Gasteiger partial charge in [0.25, 0.3) is 0 Å². The van der Waals surface area contributed by atoms with Crippen LogP contribution >= 0.6 is 0 Å². The van der Waals surface area contributed by atoms with E-state index in [1.807, 2.05) is 17.0 Å². The van der Waals surface area contributed by atoms with Crippen molar-refractivity contribution in [1.29, 1.82) is 0 Å². The van der Waals surface area contributed by atoms with Crippen LogP contribution in [0.2, 0.25) is 0 Å². The summed E-state index contributed by atoms with van der Waals surface area (Å²) >= 11 is 0. The number of nitrogens with zero attached hydrogens (tertiary/aromatic N) is 1. The zero-order valence-electron chi connectivity index (χ0n) is 12.0. The molecule has 112 valence electrons. The highest BCUT2D eigenvalue weighted by atomic mass is 16.2. The lowest BCUT2D eigenvalue weighted by Gasteiger charge is -2.26. The van der Waals surface area contributed by atoms with Gasteiger partial charge in [0.15, 0.2) is 0 Å². The van der Waals surface area contributed by atoms with E-state index < -0.39 is 0 Å². The van der Waals surface area contributed by atoms with E-state index in [2.05, 4.69) is 5.32 Å². The summed E-state index contributed by atoms with van der Waals surface area (Å²) in [6, 6.07) is 7.25. The Labute approximate surface area is 124 Å². The number of carbonyl (C=O) groups excluding carboxylic acids is 2. The van der Waals surface area contributed by atoms with Crippen LogP contribution in [0.5, 0.6) is 0 Å². The maximum atomic E-state index is 11.9. The lowest BCUT2D eigenvalue weighted by atomic mass is 10.1. The van der Waals surface area contributed by atoms with Crippen LogP contribution in [0.4, 0.5) is 5.69 Å². The Kier molecular flexibility index (Phi) is 5.37. The molecule has 21 heavy (non-hydrogen) atoms. The Hall–Kier alpha value is -2.30. The molecule has 0 aliphatic carbocycles. The second-order valence-electron chi connectivity index (χ2n) is 5.16. The van der Waals surface area contributed by atoms with Crippen molar-refractivity contribution in [2.75, 3.05) is 25.4 Å². The average molecular weight is 287 g/mol. The smallest absolute Gasteiger partial charge is 0.244 e. The second kappa shape index (κ2) is 7.47. The number of hydrogen-bond donors (Lipinski definition) is 2. The molecule has 0 spiro atoms. The highest BCUT2D eigenvalue weighted by Gasteiger charge is 2.16. The number of nitrogens with two attached hydrogens (primary N) is 1. The van der Waals surface area contributed by atoms with E-state index in [1.165, 1.54) is 12.5 Å². The largest absolute Gasteiger partial charge is 0.399 e. The molecule has 0 atom stereocenters. The molecule has 1 aromatic carbocycles. The van der Waals surface area contributed by atoms with E-state index in [1.54, 1.807) is 18.2 Å². The predicted octanol–water partition coefficient (Wildman–Crippen LogP) is 1.41. The van der Waals surface area contributed by atoms with E-state index in [-0.39, 0.29) is 18.4 Å². The van der Waals surface area contributed by atoms with Crippen LogP contribution in [0.25, 0.3) is 6.08 Å². The summed E-state index contributed by atoms with van der Waals surface area (Å²) in [5.41, 5.74) is 7.17. The van der Waals surface area contributed by atoms with Gasteiger partial charge in [-0.2, -0.15) is 0 Å². The number of nitrogen functional groups attached to an aromatic ring is 1. The molecule has 2 amide bonds. The maximum absolute atomic E-state index is 11.9. The Morgan fingerprint density at radius 3 is 2.71 bits per heavy atom. The second-order valence-corrected chi connectivity index (χ2v) is 5.16. The van der Waals surface area contributed by atoms with Crippen molar-refractivity contribution in [2.24, 2.45) is 0 Å². The number of piperidine rings is 1. The van der Waals surface area contributed by atoms with Gasteiger partial charge in [0, 0.05) is 24.9 Å². The zero-order chi connectivity index (χ0) is 15.1. The van der Waals surface area contributed by atoms with Gasteiger partial charge in [-0.05, 0) is 43.0 Å². The number of likely N-dealkylation sites (tertiary alicyclic amines) is 1. The van der Waals surface area contributed by atoms with Crippen molar-refractivity contribution in [3.8, 4) is 0 Å². The highest BCUT2D eigenvalue weighted by molar-refractivity contribution is 5.94. The Morgan fingerprint density at radius 2 is 2.00 bits per heavy atom. The summed E-state index contributed by atoms with van der Waals surface area (Å²) in [6.45, 7) is 1.65. The third-order valence-electron chi connectivity index (χ3n) is 3.46. The zero-order valence-corrected chi connectivity index (χ0v) is 12.0. The first-order chi connectivity index (χ1) is 10.1. The summed E-state index contributed by atoms with van der Waals surface area (Å²) in [6.07, 6.45) is 6.37. The summed E-state index contributed by atoms with van der Waals surface area (Å²) in [5.74, 6) is -0.289. The first-order valence-electron chi connectivity index (χ1n) is 7.24. The fourth-order valence-corrected chi connectivity index (χ4v) is 2.31. The molecule has 0 saturated carbocycles. The third-order valence-corrected chi connectivity index (χ3v) is 3.46. The lowest BCUT2D eigenvalue weighted by molar-refractivity contribution is -0.132. The fourth-order valence-electron chi connectivity index (χ4n) is 2.31. The van der Waals surface area contributed by atoms with Crippen LogP contribution < -0.4 is 11.1 Å². The molecule has 0 radical (unpaired) electrons. The van der Waals surface area contributed by atoms with E-state index in [0.29, 0.717) is 5.69 Å². The number of rotatable bonds is 4. The average Bonchev–Trinajstić information content (AvgIpc) is 2.51. The van der Waals surface area contributed by atoms with Gasteiger partial charge in [-0.15, -0.1) is 0 Å². The van der Waals surface area contributed by atoms with E-state index in [9.17, 15) is 9.59 Å². The van der Waals surface area contributed by atoms with Crippen LogP contribution in [0.3, 0.4) is 0 Å². The van der Waals surface area contributed by atoms with Crippen LogP contribution in [0, 0.1) is 0 Å². The van der Waals surface area contributed by atoms with Crippen molar-refractivity contribution >= 4 is 23.6 Å². The lowest BCUT2D eigenvalue weighted by Crippen LogP contribution is -2.42. The molecule has 1 heterocycles. The maximum Gasteiger partial charge on any atom is 0.244 e. The topological polar surface area (TPSA) is 75.4 Å². The highest BCUT2D eigenvalue weighted by Crippen LogP contribution is 2.09. The molecule has 1 saturated heterocycles. The minimum absolute atomic E-state index is 0.0135. The van der Waals surface area contributed by atoms with Crippen LogP contribution in [-0.4, -0.2) is 36.3 Å². The van der Waals surface area contributed by atoms with Gasteiger partial charge in [0.2, 0.25) is 11.8 Å². The van der Waals surface area contributed by atoms with Gasteiger partial charge < -0.3 is 16.0 Å². The Morgan fingerprint density at radius 1 is 1.24 bits per heavy atom. The quantitative estimate of drug-likeness (QED) is 0.649. The van der Waals surface area contributed by atoms with E-state index in [4.69, 9.17) is 5.73 Å².